The quantitative estimate of drug-likeness (QED) is 0.754. The van der Waals surface area contributed by atoms with Gasteiger partial charge in [-0.2, -0.15) is 0 Å². The minimum atomic E-state index is -0.106. The number of aliphatic hydroxyl groups excluding tert-OH is 1. The Morgan fingerprint density at radius 1 is 1.62 bits per heavy atom. The van der Waals surface area contributed by atoms with Crippen molar-refractivity contribution in [1.82, 2.24) is 4.90 Å². The maximum atomic E-state index is 9.59. The van der Waals surface area contributed by atoms with E-state index in [-0.39, 0.29) is 6.10 Å². The van der Waals surface area contributed by atoms with Gasteiger partial charge >= 0.3 is 0 Å². The third-order valence-electron chi connectivity index (χ3n) is 2.61. The van der Waals surface area contributed by atoms with Crippen LogP contribution >= 0.6 is 11.6 Å². The normalized spacial score (nSPS) is 28.3. The molecule has 0 spiro atoms. The van der Waals surface area contributed by atoms with Crippen LogP contribution in [0.15, 0.2) is 11.6 Å². The Balaban J connectivity index is 2.26. The molecule has 0 aromatic carbocycles. The van der Waals surface area contributed by atoms with Crippen LogP contribution in [0, 0.1) is 5.92 Å². The number of rotatable bonds is 4. The van der Waals surface area contributed by atoms with Crippen molar-refractivity contribution in [3.05, 3.63) is 11.6 Å². The summed E-state index contributed by atoms with van der Waals surface area (Å²) >= 11 is 5.70. The predicted octanol–water partition coefficient (Wildman–Crippen LogP) is 1.83. The Hall–Kier alpha value is -0.0500. The Kier molecular flexibility index (Phi) is 4.23. The highest BCUT2D eigenvalue weighted by molar-refractivity contribution is 6.29. The van der Waals surface area contributed by atoms with Crippen LogP contribution in [0.25, 0.3) is 0 Å². The summed E-state index contributed by atoms with van der Waals surface area (Å²) in [6, 6.07) is 0. The van der Waals surface area contributed by atoms with Gasteiger partial charge in [0.05, 0.1) is 6.10 Å². The molecule has 2 unspecified atom stereocenters. The molecular formula is C10H18ClNO. The van der Waals surface area contributed by atoms with E-state index in [1.54, 1.807) is 0 Å². The van der Waals surface area contributed by atoms with E-state index in [0.717, 1.165) is 25.8 Å². The summed E-state index contributed by atoms with van der Waals surface area (Å²) in [6.07, 6.45) is 3.15. The minimum Gasteiger partial charge on any atom is -0.393 e. The van der Waals surface area contributed by atoms with Gasteiger partial charge in [0.15, 0.2) is 0 Å². The smallest absolute Gasteiger partial charge is 0.0580 e. The van der Waals surface area contributed by atoms with Crippen molar-refractivity contribution in [3.8, 4) is 0 Å². The third-order valence-corrected chi connectivity index (χ3v) is 2.73. The Bertz CT molecular complexity index is 184. The number of likely N-dealkylation sites (N-methyl/N-ethyl adjacent to an activating group) is 1. The summed E-state index contributed by atoms with van der Waals surface area (Å²) < 4.78 is 0. The van der Waals surface area contributed by atoms with E-state index in [1.165, 1.54) is 0 Å². The molecule has 0 amide bonds. The fourth-order valence-electron chi connectivity index (χ4n) is 1.99. The van der Waals surface area contributed by atoms with Crippen molar-refractivity contribution in [1.29, 1.82) is 0 Å². The van der Waals surface area contributed by atoms with Gasteiger partial charge in [0.1, 0.15) is 0 Å². The number of aliphatic hydroxyl groups is 1. The molecule has 0 radical (unpaired) electrons. The molecule has 1 saturated carbocycles. The van der Waals surface area contributed by atoms with Gasteiger partial charge in [-0.1, -0.05) is 24.6 Å². The van der Waals surface area contributed by atoms with E-state index in [0.29, 0.717) is 17.5 Å². The van der Waals surface area contributed by atoms with Gasteiger partial charge in [0.2, 0.25) is 0 Å². The van der Waals surface area contributed by atoms with E-state index in [2.05, 4.69) is 11.5 Å². The summed E-state index contributed by atoms with van der Waals surface area (Å²) in [5.74, 6) is 0.431. The molecule has 2 atom stereocenters. The average Bonchev–Trinajstić information content (AvgIpc) is 2.34. The molecule has 0 heterocycles. The van der Waals surface area contributed by atoms with E-state index in [9.17, 15) is 5.11 Å². The summed E-state index contributed by atoms with van der Waals surface area (Å²) in [7, 11) is 2.01. The fourth-order valence-corrected chi connectivity index (χ4v) is 2.19. The van der Waals surface area contributed by atoms with Crippen LogP contribution < -0.4 is 0 Å². The zero-order valence-corrected chi connectivity index (χ0v) is 8.93. The van der Waals surface area contributed by atoms with Crippen LogP contribution in [-0.4, -0.2) is 36.2 Å². The van der Waals surface area contributed by atoms with E-state index in [4.69, 9.17) is 11.6 Å². The minimum absolute atomic E-state index is 0.106. The molecule has 13 heavy (non-hydrogen) atoms. The maximum Gasteiger partial charge on any atom is 0.0580 e. The first-order chi connectivity index (χ1) is 6.09. The number of nitrogens with zero attached hydrogens (tertiary/aromatic N) is 1. The molecule has 1 aliphatic rings. The lowest BCUT2D eigenvalue weighted by molar-refractivity contribution is 0.112. The SMILES string of the molecule is C=C(Cl)CN(C)CC1CCCC1O. The second kappa shape index (κ2) is 4.99. The fraction of sp³-hybridized carbons (Fsp3) is 0.800. The van der Waals surface area contributed by atoms with Crippen molar-refractivity contribution in [2.45, 2.75) is 25.4 Å². The number of hydrogen-bond donors (Lipinski definition) is 1. The first-order valence-electron chi connectivity index (χ1n) is 4.79. The molecule has 0 aromatic rings. The van der Waals surface area contributed by atoms with Crippen molar-refractivity contribution < 1.29 is 5.11 Å². The summed E-state index contributed by atoms with van der Waals surface area (Å²) in [6.45, 7) is 5.29. The average molecular weight is 204 g/mol. The van der Waals surface area contributed by atoms with E-state index in [1.807, 2.05) is 7.05 Å². The Labute approximate surface area is 85.2 Å². The van der Waals surface area contributed by atoms with Gasteiger partial charge < -0.3 is 10.0 Å². The van der Waals surface area contributed by atoms with Crippen LogP contribution in [0.3, 0.4) is 0 Å². The predicted molar refractivity (Wildman–Crippen MR) is 55.8 cm³/mol. The third kappa shape index (κ3) is 3.67. The highest BCUT2D eigenvalue weighted by Gasteiger charge is 2.25. The molecule has 0 saturated heterocycles. The van der Waals surface area contributed by atoms with Crippen LogP contribution in [0.1, 0.15) is 19.3 Å². The lowest BCUT2D eigenvalue weighted by Crippen LogP contribution is -2.30. The molecule has 1 rings (SSSR count). The molecule has 1 N–H and O–H groups in total. The molecule has 0 aliphatic heterocycles. The molecule has 0 bridgehead atoms. The zero-order chi connectivity index (χ0) is 9.84. The number of hydrogen-bond acceptors (Lipinski definition) is 2. The molecule has 1 aliphatic carbocycles. The van der Waals surface area contributed by atoms with Gasteiger partial charge in [0, 0.05) is 18.1 Å². The lowest BCUT2D eigenvalue weighted by atomic mass is 10.1. The van der Waals surface area contributed by atoms with Crippen molar-refractivity contribution >= 4 is 11.6 Å². The molecule has 0 aromatic heterocycles. The van der Waals surface area contributed by atoms with E-state index < -0.39 is 0 Å². The second-order valence-electron chi connectivity index (χ2n) is 3.97. The highest BCUT2D eigenvalue weighted by Crippen LogP contribution is 2.26. The molecule has 2 nitrogen and oxygen atoms in total. The monoisotopic (exact) mass is 203 g/mol. The Morgan fingerprint density at radius 2 is 2.31 bits per heavy atom. The standard InChI is InChI=1S/C10H18ClNO/c1-8(11)6-12(2)7-9-4-3-5-10(9)13/h9-10,13H,1,3-7H2,2H3. The van der Waals surface area contributed by atoms with Gasteiger partial charge in [0.25, 0.3) is 0 Å². The second-order valence-corrected chi connectivity index (χ2v) is 4.51. The van der Waals surface area contributed by atoms with Crippen LogP contribution in [0.2, 0.25) is 0 Å². The first-order valence-corrected chi connectivity index (χ1v) is 5.17. The Morgan fingerprint density at radius 3 is 2.77 bits per heavy atom. The summed E-state index contributed by atoms with van der Waals surface area (Å²) in [5, 5.41) is 10.3. The molecular weight excluding hydrogens is 186 g/mol. The maximum absolute atomic E-state index is 9.59. The molecule has 3 heteroatoms. The van der Waals surface area contributed by atoms with Crippen LogP contribution in [0.5, 0.6) is 0 Å². The van der Waals surface area contributed by atoms with Crippen molar-refractivity contribution in [2.24, 2.45) is 5.92 Å². The number of halogens is 1. The summed E-state index contributed by atoms with van der Waals surface area (Å²) in [5.41, 5.74) is 0. The van der Waals surface area contributed by atoms with Gasteiger partial charge in [-0.15, -0.1) is 0 Å². The van der Waals surface area contributed by atoms with Crippen LogP contribution in [0.4, 0.5) is 0 Å². The summed E-state index contributed by atoms with van der Waals surface area (Å²) in [4.78, 5) is 2.12. The van der Waals surface area contributed by atoms with Crippen molar-refractivity contribution in [3.63, 3.8) is 0 Å². The van der Waals surface area contributed by atoms with Gasteiger partial charge in [-0.3, -0.25) is 0 Å². The highest BCUT2D eigenvalue weighted by atomic mass is 35.5. The van der Waals surface area contributed by atoms with Gasteiger partial charge in [-0.25, -0.2) is 0 Å². The first kappa shape index (κ1) is 11.0. The largest absolute Gasteiger partial charge is 0.393 e. The molecule has 76 valence electrons. The van der Waals surface area contributed by atoms with Crippen molar-refractivity contribution in [2.75, 3.05) is 20.1 Å². The zero-order valence-electron chi connectivity index (χ0n) is 8.17. The van der Waals surface area contributed by atoms with Crippen LogP contribution in [-0.2, 0) is 0 Å². The lowest BCUT2D eigenvalue weighted by Gasteiger charge is -2.22. The van der Waals surface area contributed by atoms with Gasteiger partial charge in [-0.05, 0) is 25.8 Å². The van der Waals surface area contributed by atoms with E-state index >= 15 is 0 Å². The topological polar surface area (TPSA) is 23.5 Å². The molecule has 1 fully saturated rings.